The largest absolute Gasteiger partial charge is 0.302 e. The molecule has 1 aromatic rings. The molecule has 1 aromatic carbocycles. The van der Waals surface area contributed by atoms with Gasteiger partial charge in [-0.15, -0.1) is 0 Å². The molecule has 1 saturated carbocycles. The molecule has 2 rings (SSSR count). The van der Waals surface area contributed by atoms with E-state index in [0.29, 0.717) is 5.41 Å². The molecule has 0 amide bonds. The summed E-state index contributed by atoms with van der Waals surface area (Å²) in [5.74, 6) is 1.03. The molecule has 1 aliphatic carbocycles. The molecule has 0 bridgehead atoms. The summed E-state index contributed by atoms with van der Waals surface area (Å²) in [5.41, 5.74) is 3.27. The minimum Gasteiger partial charge on any atom is -0.302 e. The Kier molecular flexibility index (Phi) is 3.60. The third kappa shape index (κ3) is 3.02. The van der Waals surface area contributed by atoms with Crippen molar-refractivity contribution in [2.24, 2.45) is 5.41 Å². The highest BCUT2D eigenvalue weighted by Gasteiger charge is 2.41. The Morgan fingerprint density at radius 1 is 1.25 bits per heavy atom. The van der Waals surface area contributed by atoms with E-state index >= 15 is 0 Å². The Labute approximate surface area is 104 Å². The van der Waals surface area contributed by atoms with Crippen LogP contribution in [0, 0.1) is 12.3 Å². The highest BCUT2D eigenvalue weighted by Crippen LogP contribution is 2.46. The van der Waals surface area contributed by atoms with Gasteiger partial charge in [0.1, 0.15) is 0 Å². The molecule has 0 aliphatic heterocycles. The molecule has 1 fully saturated rings. The van der Waals surface area contributed by atoms with Crippen molar-refractivity contribution in [3.8, 4) is 0 Å². The summed E-state index contributed by atoms with van der Waals surface area (Å²) < 4.78 is 0. The van der Waals surface area contributed by atoms with E-state index in [1.165, 1.54) is 30.5 Å². The van der Waals surface area contributed by atoms with E-state index < -0.39 is 0 Å². The molecule has 0 saturated heterocycles. The first-order chi connectivity index (χ1) is 7.63. The predicted molar refractivity (Wildman–Crippen MR) is 73.0 cm³/mol. The van der Waals surface area contributed by atoms with Crippen molar-refractivity contribution in [1.29, 1.82) is 0 Å². The molecule has 0 spiro atoms. The fourth-order valence-corrected chi connectivity index (χ4v) is 2.59. The summed E-state index contributed by atoms with van der Waals surface area (Å²) in [4.78, 5) is 2.42. The number of hydrogen-bond donors (Lipinski definition) is 1. The summed E-state index contributed by atoms with van der Waals surface area (Å²) >= 11 is 4.45. The van der Waals surface area contributed by atoms with E-state index in [0.717, 1.165) is 12.3 Å². The van der Waals surface area contributed by atoms with Crippen LogP contribution in [0.1, 0.15) is 24.0 Å². The van der Waals surface area contributed by atoms with Gasteiger partial charge in [0.25, 0.3) is 0 Å². The van der Waals surface area contributed by atoms with E-state index in [-0.39, 0.29) is 0 Å². The number of thiol groups is 1. The van der Waals surface area contributed by atoms with Crippen molar-refractivity contribution in [3.63, 3.8) is 0 Å². The fraction of sp³-hybridized carbons (Fsp3) is 0.571. The van der Waals surface area contributed by atoms with E-state index in [4.69, 9.17) is 0 Å². The van der Waals surface area contributed by atoms with Crippen LogP contribution in [0.15, 0.2) is 24.3 Å². The quantitative estimate of drug-likeness (QED) is 0.767. The maximum absolute atomic E-state index is 4.45. The molecule has 16 heavy (non-hydrogen) atoms. The number of benzene rings is 1. The lowest BCUT2D eigenvalue weighted by atomic mass is 10.1. The summed E-state index contributed by atoms with van der Waals surface area (Å²) in [7, 11) is 2.21. The van der Waals surface area contributed by atoms with Crippen LogP contribution in [0.5, 0.6) is 0 Å². The van der Waals surface area contributed by atoms with Gasteiger partial charge in [-0.25, -0.2) is 0 Å². The second-order valence-corrected chi connectivity index (χ2v) is 5.63. The molecule has 2 heteroatoms. The molecule has 0 unspecified atom stereocenters. The summed E-state index contributed by atoms with van der Waals surface area (Å²) in [6.45, 7) is 4.37. The van der Waals surface area contributed by atoms with E-state index in [9.17, 15) is 0 Å². The van der Waals surface area contributed by atoms with E-state index in [2.05, 4.69) is 55.8 Å². The van der Waals surface area contributed by atoms with Crippen LogP contribution in [0.25, 0.3) is 0 Å². The van der Waals surface area contributed by atoms with Crippen molar-refractivity contribution in [2.75, 3.05) is 19.3 Å². The monoisotopic (exact) mass is 235 g/mol. The van der Waals surface area contributed by atoms with Crippen LogP contribution in [-0.4, -0.2) is 24.2 Å². The first-order valence-corrected chi connectivity index (χ1v) is 6.62. The topological polar surface area (TPSA) is 3.24 Å². The Balaban J connectivity index is 1.87. The van der Waals surface area contributed by atoms with Gasteiger partial charge in [-0.1, -0.05) is 29.8 Å². The summed E-state index contributed by atoms with van der Waals surface area (Å²) in [5, 5.41) is 0. The maximum Gasteiger partial charge on any atom is 0.0230 e. The van der Waals surface area contributed by atoms with Gasteiger partial charge in [0.05, 0.1) is 0 Å². The normalized spacial score (nSPS) is 17.8. The van der Waals surface area contributed by atoms with Crippen LogP contribution < -0.4 is 0 Å². The zero-order chi connectivity index (χ0) is 11.6. The van der Waals surface area contributed by atoms with E-state index in [1.54, 1.807) is 0 Å². The van der Waals surface area contributed by atoms with Crippen molar-refractivity contribution in [2.45, 2.75) is 26.3 Å². The van der Waals surface area contributed by atoms with Gasteiger partial charge >= 0.3 is 0 Å². The third-order valence-electron chi connectivity index (χ3n) is 3.47. The van der Waals surface area contributed by atoms with Crippen molar-refractivity contribution >= 4 is 12.6 Å². The second-order valence-electron chi connectivity index (χ2n) is 5.32. The summed E-state index contributed by atoms with van der Waals surface area (Å²) in [6, 6.07) is 8.83. The Morgan fingerprint density at radius 2 is 1.88 bits per heavy atom. The second kappa shape index (κ2) is 4.80. The Hall–Kier alpha value is -0.470. The Bertz CT molecular complexity index is 340. The molecule has 0 aromatic heterocycles. The SMILES string of the molecule is Cc1ccc(CN(C)CC2(CS)CC2)cc1. The molecular weight excluding hydrogens is 214 g/mol. The number of aryl methyl sites for hydroxylation is 1. The first kappa shape index (κ1) is 12.0. The van der Waals surface area contributed by atoms with Gasteiger partial charge in [-0.2, -0.15) is 12.6 Å². The van der Waals surface area contributed by atoms with Gasteiger partial charge < -0.3 is 4.90 Å². The zero-order valence-corrected chi connectivity index (χ0v) is 11.1. The molecule has 1 aliphatic rings. The molecule has 0 radical (unpaired) electrons. The lowest BCUT2D eigenvalue weighted by Crippen LogP contribution is -2.27. The highest BCUT2D eigenvalue weighted by molar-refractivity contribution is 7.80. The standard InChI is InChI=1S/C14H21NS/c1-12-3-5-13(6-4-12)9-15(2)10-14(11-16)7-8-14/h3-6,16H,7-11H2,1-2H3. The lowest BCUT2D eigenvalue weighted by molar-refractivity contribution is 0.270. The molecular formula is C14H21NS. The number of rotatable bonds is 5. The average Bonchev–Trinajstić information content (AvgIpc) is 3.02. The van der Waals surface area contributed by atoms with Crippen LogP contribution >= 0.6 is 12.6 Å². The smallest absolute Gasteiger partial charge is 0.0230 e. The van der Waals surface area contributed by atoms with Gasteiger partial charge in [0, 0.05) is 13.1 Å². The van der Waals surface area contributed by atoms with Crippen LogP contribution in [0.2, 0.25) is 0 Å². The van der Waals surface area contributed by atoms with Crippen molar-refractivity contribution < 1.29 is 0 Å². The fourth-order valence-electron chi connectivity index (χ4n) is 2.18. The predicted octanol–water partition coefficient (Wildman–Crippen LogP) is 3.14. The van der Waals surface area contributed by atoms with Crippen molar-refractivity contribution in [1.82, 2.24) is 4.90 Å². The first-order valence-electron chi connectivity index (χ1n) is 5.99. The number of nitrogens with zero attached hydrogens (tertiary/aromatic N) is 1. The molecule has 0 atom stereocenters. The van der Waals surface area contributed by atoms with Gasteiger partial charge in [-0.05, 0) is 43.5 Å². The van der Waals surface area contributed by atoms with E-state index in [1.807, 2.05) is 0 Å². The summed E-state index contributed by atoms with van der Waals surface area (Å²) in [6.07, 6.45) is 2.71. The number of hydrogen-bond acceptors (Lipinski definition) is 2. The molecule has 0 N–H and O–H groups in total. The average molecular weight is 235 g/mol. The maximum atomic E-state index is 4.45. The zero-order valence-electron chi connectivity index (χ0n) is 10.2. The van der Waals surface area contributed by atoms with Gasteiger partial charge in [0.2, 0.25) is 0 Å². The lowest BCUT2D eigenvalue weighted by Gasteiger charge is -2.22. The van der Waals surface area contributed by atoms with Crippen LogP contribution in [-0.2, 0) is 6.54 Å². The van der Waals surface area contributed by atoms with Crippen LogP contribution in [0.3, 0.4) is 0 Å². The minimum atomic E-state index is 0.530. The van der Waals surface area contributed by atoms with Gasteiger partial charge in [-0.3, -0.25) is 0 Å². The highest BCUT2D eigenvalue weighted by atomic mass is 32.1. The van der Waals surface area contributed by atoms with Gasteiger partial charge in [0.15, 0.2) is 0 Å². The van der Waals surface area contributed by atoms with Crippen LogP contribution in [0.4, 0.5) is 0 Å². The third-order valence-corrected chi connectivity index (χ3v) is 4.14. The molecule has 0 heterocycles. The minimum absolute atomic E-state index is 0.530. The molecule has 1 nitrogen and oxygen atoms in total. The Morgan fingerprint density at radius 3 is 2.38 bits per heavy atom. The van der Waals surface area contributed by atoms with Crippen molar-refractivity contribution in [3.05, 3.63) is 35.4 Å². The molecule has 88 valence electrons.